The number of hydrogen-bond acceptors (Lipinski definition) is 5. The molecular weight excluding hydrogens is 362 g/mol. The largest absolute Gasteiger partial charge is 0.481 e. The molecule has 0 spiro atoms. The second kappa shape index (κ2) is 8.98. The third kappa shape index (κ3) is 6.71. The van der Waals surface area contributed by atoms with Gasteiger partial charge in [0.1, 0.15) is 5.60 Å². The van der Waals surface area contributed by atoms with Crippen molar-refractivity contribution in [3.8, 4) is 0 Å². The van der Waals surface area contributed by atoms with Gasteiger partial charge in [0, 0.05) is 23.6 Å². The van der Waals surface area contributed by atoms with Crippen LogP contribution in [0.5, 0.6) is 0 Å². The minimum atomic E-state index is -1.05. The van der Waals surface area contributed by atoms with E-state index in [1.165, 1.54) is 12.3 Å². The summed E-state index contributed by atoms with van der Waals surface area (Å²) in [7, 11) is 0. The number of ether oxygens (including phenoxy) is 1. The van der Waals surface area contributed by atoms with Gasteiger partial charge in [-0.2, -0.15) is 0 Å². The number of pyridine rings is 1. The van der Waals surface area contributed by atoms with Crippen LogP contribution in [0.25, 0.3) is 0 Å². The van der Waals surface area contributed by atoms with Gasteiger partial charge in [0.05, 0.1) is 12.5 Å². The predicted octanol–water partition coefficient (Wildman–Crippen LogP) is 3.37. The number of rotatable bonds is 6. The molecule has 0 fully saturated rings. The van der Waals surface area contributed by atoms with E-state index in [0.717, 1.165) is 0 Å². The van der Waals surface area contributed by atoms with Gasteiger partial charge in [-0.05, 0) is 50.6 Å². The number of nitrogens with zero attached hydrogens (tertiary/aromatic N) is 1. The average Bonchev–Trinajstić information content (AvgIpc) is 2.60. The molecule has 2 amide bonds. The van der Waals surface area contributed by atoms with Crippen molar-refractivity contribution in [1.29, 1.82) is 0 Å². The van der Waals surface area contributed by atoms with Gasteiger partial charge < -0.3 is 15.2 Å². The quantitative estimate of drug-likeness (QED) is 0.702. The van der Waals surface area contributed by atoms with Crippen LogP contribution in [0.15, 0.2) is 48.8 Å². The van der Waals surface area contributed by atoms with Gasteiger partial charge in [0.2, 0.25) is 0 Å². The molecule has 0 aliphatic heterocycles. The minimum absolute atomic E-state index is 0.271. The topological polar surface area (TPSA) is 118 Å². The summed E-state index contributed by atoms with van der Waals surface area (Å²) in [6, 6.07) is 8.91. The summed E-state index contributed by atoms with van der Waals surface area (Å²) in [5, 5.41) is 14.4. The van der Waals surface area contributed by atoms with Crippen LogP contribution < -0.4 is 10.6 Å². The smallest absolute Gasteiger partial charge is 0.412 e. The Labute approximate surface area is 162 Å². The van der Waals surface area contributed by atoms with Gasteiger partial charge in [0.25, 0.3) is 5.91 Å². The molecule has 0 saturated carbocycles. The molecule has 1 unspecified atom stereocenters. The highest BCUT2D eigenvalue weighted by molar-refractivity contribution is 5.96. The standard InChI is InChI=1S/C20H23N3O5/c1-20(2,3)28-19(27)22-15-8-4-6-13(10-15)18(26)23-16(11-17(24)25)14-7-5-9-21-12-14/h4-10,12,16H,11H2,1-3H3,(H,22,27)(H,23,26)(H,24,25). The summed E-state index contributed by atoms with van der Waals surface area (Å²) in [6.45, 7) is 5.24. The van der Waals surface area contributed by atoms with Crippen molar-refractivity contribution in [3.05, 3.63) is 59.9 Å². The normalized spacial score (nSPS) is 12.0. The summed E-state index contributed by atoms with van der Waals surface area (Å²) < 4.78 is 5.19. The average molecular weight is 385 g/mol. The van der Waals surface area contributed by atoms with Gasteiger partial charge >= 0.3 is 12.1 Å². The van der Waals surface area contributed by atoms with Crippen molar-refractivity contribution in [3.63, 3.8) is 0 Å². The maximum Gasteiger partial charge on any atom is 0.412 e. The lowest BCUT2D eigenvalue weighted by Crippen LogP contribution is -2.30. The number of aliphatic carboxylic acids is 1. The van der Waals surface area contributed by atoms with E-state index in [2.05, 4.69) is 15.6 Å². The molecular formula is C20H23N3O5. The number of carboxylic acids is 1. The zero-order chi connectivity index (χ0) is 20.7. The molecule has 0 radical (unpaired) electrons. The van der Waals surface area contributed by atoms with Crippen molar-refractivity contribution in [2.24, 2.45) is 0 Å². The molecule has 0 bridgehead atoms. The van der Waals surface area contributed by atoms with Gasteiger partial charge in [-0.25, -0.2) is 4.79 Å². The number of anilines is 1. The van der Waals surface area contributed by atoms with E-state index in [1.54, 1.807) is 57.3 Å². The Kier molecular flexibility index (Phi) is 6.70. The number of carboxylic acid groups (broad SMARTS) is 1. The van der Waals surface area contributed by atoms with E-state index < -0.39 is 29.6 Å². The minimum Gasteiger partial charge on any atom is -0.481 e. The van der Waals surface area contributed by atoms with E-state index in [-0.39, 0.29) is 12.0 Å². The molecule has 28 heavy (non-hydrogen) atoms. The third-order valence-corrected chi connectivity index (χ3v) is 3.54. The van der Waals surface area contributed by atoms with E-state index in [1.807, 2.05) is 0 Å². The maximum atomic E-state index is 12.6. The number of hydrogen-bond donors (Lipinski definition) is 3. The Bertz CT molecular complexity index is 846. The number of nitrogens with one attached hydrogen (secondary N) is 2. The molecule has 148 valence electrons. The lowest BCUT2D eigenvalue weighted by Gasteiger charge is -2.20. The second-order valence-electron chi connectivity index (χ2n) is 7.12. The molecule has 1 aromatic heterocycles. The van der Waals surface area contributed by atoms with E-state index in [0.29, 0.717) is 11.3 Å². The number of aromatic nitrogens is 1. The molecule has 1 heterocycles. The zero-order valence-electron chi connectivity index (χ0n) is 15.9. The molecule has 0 saturated heterocycles. The monoisotopic (exact) mass is 385 g/mol. The van der Waals surface area contributed by atoms with Crippen LogP contribution in [0.1, 0.15) is 49.2 Å². The van der Waals surface area contributed by atoms with Crippen LogP contribution in [0.4, 0.5) is 10.5 Å². The molecule has 2 rings (SSSR count). The van der Waals surface area contributed by atoms with Crippen molar-refractivity contribution in [2.75, 3.05) is 5.32 Å². The SMILES string of the molecule is CC(C)(C)OC(=O)Nc1cccc(C(=O)NC(CC(=O)O)c2cccnc2)c1. The van der Waals surface area contributed by atoms with Crippen LogP contribution >= 0.6 is 0 Å². The first kappa shape index (κ1) is 20.9. The predicted molar refractivity (Wildman–Crippen MR) is 103 cm³/mol. The highest BCUT2D eigenvalue weighted by Crippen LogP contribution is 2.18. The Morgan fingerprint density at radius 3 is 2.54 bits per heavy atom. The maximum absolute atomic E-state index is 12.6. The van der Waals surface area contributed by atoms with Crippen molar-refractivity contribution in [1.82, 2.24) is 10.3 Å². The third-order valence-electron chi connectivity index (χ3n) is 3.54. The molecule has 0 aliphatic rings. The van der Waals surface area contributed by atoms with Crippen LogP contribution in [0.3, 0.4) is 0 Å². The highest BCUT2D eigenvalue weighted by Gasteiger charge is 2.20. The van der Waals surface area contributed by atoms with E-state index in [4.69, 9.17) is 9.84 Å². The van der Waals surface area contributed by atoms with Crippen LogP contribution in [0, 0.1) is 0 Å². The lowest BCUT2D eigenvalue weighted by atomic mass is 10.0. The molecule has 3 N–H and O–H groups in total. The number of amides is 2. The number of carbonyl (C=O) groups is 3. The van der Waals surface area contributed by atoms with Crippen LogP contribution in [-0.2, 0) is 9.53 Å². The van der Waals surface area contributed by atoms with E-state index >= 15 is 0 Å². The number of benzene rings is 1. The highest BCUT2D eigenvalue weighted by atomic mass is 16.6. The van der Waals surface area contributed by atoms with Crippen molar-refractivity contribution < 1.29 is 24.2 Å². The Hall–Kier alpha value is -3.42. The first-order valence-electron chi connectivity index (χ1n) is 8.67. The Morgan fingerprint density at radius 2 is 1.93 bits per heavy atom. The first-order valence-corrected chi connectivity index (χ1v) is 8.67. The summed E-state index contributed by atoms with van der Waals surface area (Å²) in [5.74, 6) is -1.52. The molecule has 8 heteroatoms. The molecule has 1 aromatic carbocycles. The van der Waals surface area contributed by atoms with Gasteiger partial charge in [-0.1, -0.05) is 12.1 Å². The van der Waals surface area contributed by atoms with Crippen LogP contribution in [0.2, 0.25) is 0 Å². The fraction of sp³-hybridized carbons (Fsp3) is 0.300. The van der Waals surface area contributed by atoms with Crippen molar-refractivity contribution >= 4 is 23.7 Å². The molecule has 0 aliphatic carbocycles. The van der Waals surface area contributed by atoms with Gasteiger partial charge in [-0.3, -0.25) is 19.9 Å². The fourth-order valence-electron chi connectivity index (χ4n) is 2.41. The molecule has 1 atom stereocenters. The summed E-state index contributed by atoms with van der Waals surface area (Å²) in [6.07, 6.45) is 2.15. The van der Waals surface area contributed by atoms with Gasteiger partial charge in [-0.15, -0.1) is 0 Å². The zero-order valence-corrected chi connectivity index (χ0v) is 15.9. The lowest BCUT2D eigenvalue weighted by molar-refractivity contribution is -0.137. The van der Waals surface area contributed by atoms with Crippen LogP contribution in [-0.4, -0.2) is 33.7 Å². The second-order valence-corrected chi connectivity index (χ2v) is 7.12. The summed E-state index contributed by atoms with van der Waals surface area (Å²) in [4.78, 5) is 39.6. The molecule has 8 nitrogen and oxygen atoms in total. The summed E-state index contributed by atoms with van der Waals surface area (Å²) >= 11 is 0. The molecule has 2 aromatic rings. The van der Waals surface area contributed by atoms with Gasteiger partial charge in [0.15, 0.2) is 0 Å². The first-order chi connectivity index (χ1) is 13.1. The summed E-state index contributed by atoms with van der Waals surface area (Å²) in [5.41, 5.74) is 0.597. The van der Waals surface area contributed by atoms with Crippen molar-refractivity contribution in [2.45, 2.75) is 38.8 Å². The Morgan fingerprint density at radius 1 is 1.18 bits per heavy atom. The van der Waals surface area contributed by atoms with E-state index in [9.17, 15) is 14.4 Å². The Balaban J connectivity index is 2.12. The fourth-order valence-corrected chi connectivity index (χ4v) is 2.41. The number of carbonyl (C=O) groups excluding carboxylic acids is 2.